The molecule has 2 saturated heterocycles. The summed E-state index contributed by atoms with van der Waals surface area (Å²) in [6.07, 6.45) is 0.330. The van der Waals surface area contributed by atoms with Crippen LogP contribution in [0.3, 0.4) is 0 Å². The Balaban J connectivity index is 1.80. The van der Waals surface area contributed by atoms with Crippen molar-refractivity contribution < 1.29 is 23.8 Å². The Morgan fingerprint density at radius 2 is 1.95 bits per heavy atom. The number of aliphatic carboxylic acids is 1. The number of nitrogens with one attached hydrogen (secondary N) is 1. The highest BCUT2D eigenvalue weighted by Gasteiger charge is 2.52. The molecule has 5 nitrogen and oxygen atoms in total. The first-order valence-electron chi connectivity index (χ1n) is 6.59. The van der Waals surface area contributed by atoms with Crippen molar-refractivity contribution in [2.45, 2.75) is 25.0 Å². The quantitative estimate of drug-likeness (QED) is 0.878. The molecule has 2 aliphatic rings. The number of hydrogen-bond acceptors (Lipinski definition) is 4. The van der Waals surface area contributed by atoms with Gasteiger partial charge in [0.15, 0.2) is 0 Å². The molecular weight excluding hydrogens is 345 g/mol. The lowest BCUT2D eigenvalue weighted by Gasteiger charge is -2.27. The third-order valence-electron chi connectivity index (χ3n) is 4.04. The van der Waals surface area contributed by atoms with Crippen molar-refractivity contribution in [2.24, 2.45) is 11.8 Å². The van der Waals surface area contributed by atoms with E-state index >= 15 is 0 Å². The summed E-state index contributed by atoms with van der Waals surface area (Å²) in [5.41, 5.74) is 0.0167. The van der Waals surface area contributed by atoms with Crippen LogP contribution in [0.15, 0.2) is 22.7 Å². The smallest absolute Gasteiger partial charge is 0.230 e. The zero-order valence-corrected chi connectivity index (χ0v) is 12.4. The van der Waals surface area contributed by atoms with E-state index in [0.29, 0.717) is 17.3 Å². The number of carboxylic acid groups (broad SMARTS) is 1. The molecule has 2 fully saturated rings. The maximum atomic E-state index is 13.7. The molecule has 2 bridgehead atoms. The van der Waals surface area contributed by atoms with Gasteiger partial charge < -0.3 is 20.0 Å². The number of rotatable bonds is 3. The second-order valence-corrected chi connectivity index (χ2v) is 6.19. The molecule has 0 unspecified atom stereocenters. The van der Waals surface area contributed by atoms with Crippen molar-refractivity contribution >= 4 is 33.5 Å². The highest BCUT2D eigenvalue weighted by Crippen LogP contribution is 2.43. The van der Waals surface area contributed by atoms with Gasteiger partial charge in [0.1, 0.15) is 5.82 Å². The van der Waals surface area contributed by atoms with Gasteiger partial charge in [0.25, 0.3) is 0 Å². The van der Waals surface area contributed by atoms with E-state index in [2.05, 4.69) is 21.2 Å². The van der Waals surface area contributed by atoms with Crippen LogP contribution in [0.1, 0.15) is 12.8 Å². The van der Waals surface area contributed by atoms with Gasteiger partial charge in [-0.25, -0.2) is 4.39 Å². The normalized spacial score (nSPS) is 30.4. The Morgan fingerprint density at radius 1 is 1.29 bits per heavy atom. The first kappa shape index (κ1) is 14.5. The third-order valence-corrected chi connectivity index (χ3v) is 4.53. The number of fused-ring (bicyclic) bond motifs is 2. The number of carbonyl (C=O) groups is 2. The van der Waals surface area contributed by atoms with E-state index in [1.165, 1.54) is 12.1 Å². The highest BCUT2D eigenvalue weighted by molar-refractivity contribution is 9.10. The Bertz CT molecular complexity index is 609. The molecular formula is C14H12BrFNO4-. The maximum absolute atomic E-state index is 13.7. The van der Waals surface area contributed by atoms with Gasteiger partial charge in [0.05, 0.1) is 23.8 Å². The van der Waals surface area contributed by atoms with Crippen LogP contribution >= 0.6 is 15.9 Å². The van der Waals surface area contributed by atoms with Crippen LogP contribution in [0, 0.1) is 17.7 Å². The summed E-state index contributed by atoms with van der Waals surface area (Å²) in [7, 11) is 0. The van der Waals surface area contributed by atoms with E-state index < -0.39 is 41.7 Å². The van der Waals surface area contributed by atoms with Crippen LogP contribution in [0.25, 0.3) is 0 Å². The zero-order chi connectivity index (χ0) is 15.1. The predicted molar refractivity (Wildman–Crippen MR) is 72.6 cm³/mol. The largest absolute Gasteiger partial charge is 0.550 e. The molecule has 0 aromatic heterocycles. The molecule has 2 aliphatic heterocycles. The van der Waals surface area contributed by atoms with Crippen molar-refractivity contribution in [3.63, 3.8) is 0 Å². The van der Waals surface area contributed by atoms with Gasteiger partial charge in [-0.2, -0.15) is 0 Å². The lowest BCUT2D eigenvalue weighted by Crippen LogP contribution is -2.46. The fraction of sp³-hybridized carbons (Fsp3) is 0.429. The summed E-state index contributed by atoms with van der Waals surface area (Å²) < 4.78 is 19.8. The van der Waals surface area contributed by atoms with E-state index in [1.807, 2.05) is 0 Å². The number of halogens is 2. The van der Waals surface area contributed by atoms with Gasteiger partial charge in [-0.05, 0) is 31.0 Å². The van der Waals surface area contributed by atoms with Crippen molar-refractivity contribution in [1.29, 1.82) is 0 Å². The summed E-state index contributed by atoms with van der Waals surface area (Å²) in [6.45, 7) is 0. The highest BCUT2D eigenvalue weighted by atomic mass is 79.9. The molecule has 0 aliphatic carbocycles. The molecule has 1 amide bonds. The Hall–Kier alpha value is -1.47. The minimum atomic E-state index is -1.29. The monoisotopic (exact) mass is 356 g/mol. The van der Waals surface area contributed by atoms with Crippen LogP contribution in [0.5, 0.6) is 0 Å². The van der Waals surface area contributed by atoms with Crippen molar-refractivity contribution in [2.75, 3.05) is 5.32 Å². The summed E-state index contributed by atoms with van der Waals surface area (Å²) in [5.74, 6) is -4.23. The lowest BCUT2D eigenvalue weighted by molar-refractivity contribution is -0.313. The fourth-order valence-electron chi connectivity index (χ4n) is 3.12. The van der Waals surface area contributed by atoms with E-state index in [4.69, 9.17) is 4.74 Å². The van der Waals surface area contributed by atoms with E-state index in [9.17, 15) is 19.1 Å². The molecule has 1 aromatic rings. The van der Waals surface area contributed by atoms with Crippen LogP contribution in [0.4, 0.5) is 10.1 Å². The number of anilines is 1. The van der Waals surface area contributed by atoms with E-state index in [0.717, 1.165) is 0 Å². The molecule has 0 radical (unpaired) electrons. The number of ether oxygens (including phenoxy) is 1. The summed E-state index contributed by atoms with van der Waals surface area (Å²) in [4.78, 5) is 23.5. The molecule has 7 heteroatoms. The molecule has 1 N–H and O–H groups in total. The standard InChI is InChI=1S/C14H13BrFNO4/c15-6-1-2-8(7(16)5-6)17-13(18)11-9-3-4-10(21-9)12(11)14(19)20/h1-2,5,9-12H,3-4H2,(H,17,18)(H,19,20)/p-1/t9-,10+,11-,12+/m1/s1. The van der Waals surface area contributed by atoms with Crippen molar-refractivity contribution in [1.82, 2.24) is 0 Å². The number of amides is 1. The van der Waals surface area contributed by atoms with Crippen LogP contribution < -0.4 is 10.4 Å². The van der Waals surface area contributed by atoms with E-state index in [1.54, 1.807) is 6.07 Å². The van der Waals surface area contributed by atoms with Gasteiger partial charge in [-0.3, -0.25) is 4.79 Å². The number of carboxylic acids is 1. The molecule has 2 heterocycles. The SMILES string of the molecule is O=C([O-])[C@@H]1[C@H](C(=O)Nc2ccc(Br)cc2F)[C@H]2CC[C@@H]1O2. The molecule has 0 spiro atoms. The minimum Gasteiger partial charge on any atom is -0.550 e. The van der Waals surface area contributed by atoms with Crippen molar-refractivity contribution in [3.8, 4) is 0 Å². The number of carbonyl (C=O) groups excluding carboxylic acids is 2. The van der Waals surface area contributed by atoms with Gasteiger partial charge >= 0.3 is 0 Å². The average Bonchev–Trinajstić information content (AvgIpc) is 3.02. The minimum absolute atomic E-state index is 0.0167. The Kier molecular flexibility index (Phi) is 3.71. The summed E-state index contributed by atoms with van der Waals surface area (Å²) in [6, 6.07) is 4.23. The third kappa shape index (κ3) is 2.55. The van der Waals surface area contributed by atoms with Gasteiger partial charge in [0, 0.05) is 16.4 Å². The first-order chi connectivity index (χ1) is 9.97. The molecule has 4 atom stereocenters. The summed E-state index contributed by atoms with van der Waals surface area (Å²) in [5, 5.41) is 13.7. The second-order valence-electron chi connectivity index (χ2n) is 5.27. The van der Waals surface area contributed by atoms with Crippen molar-refractivity contribution in [3.05, 3.63) is 28.5 Å². The number of benzene rings is 1. The fourth-order valence-corrected chi connectivity index (χ4v) is 3.45. The van der Waals surface area contributed by atoms with Crippen LogP contribution in [0.2, 0.25) is 0 Å². The average molecular weight is 357 g/mol. The molecule has 21 heavy (non-hydrogen) atoms. The number of hydrogen-bond donors (Lipinski definition) is 1. The molecule has 0 saturated carbocycles. The van der Waals surface area contributed by atoms with Crippen LogP contribution in [-0.4, -0.2) is 24.1 Å². The molecule has 3 rings (SSSR count). The first-order valence-corrected chi connectivity index (χ1v) is 7.39. The molecule has 112 valence electrons. The van der Waals surface area contributed by atoms with Gasteiger partial charge in [0.2, 0.25) is 5.91 Å². The summed E-state index contributed by atoms with van der Waals surface area (Å²) >= 11 is 3.13. The lowest BCUT2D eigenvalue weighted by atomic mass is 9.78. The molecule has 1 aromatic carbocycles. The van der Waals surface area contributed by atoms with Crippen LogP contribution in [-0.2, 0) is 14.3 Å². The van der Waals surface area contributed by atoms with Gasteiger partial charge in [-0.1, -0.05) is 15.9 Å². The second kappa shape index (κ2) is 5.38. The van der Waals surface area contributed by atoms with Gasteiger partial charge in [-0.15, -0.1) is 0 Å². The topological polar surface area (TPSA) is 78.5 Å². The Morgan fingerprint density at radius 3 is 2.57 bits per heavy atom. The Labute approximate surface area is 128 Å². The van der Waals surface area contributed by atoms with E-state index in [-0.39, 0.29) is 5.69 Å². The zero-order valence-electron chi connectivity index (χ0n) is 10.8. The maximum Gasteiger partial charge on any atom is 0.230 e. The predicted octanol–water partition coefficient (Wildman–Crippen LogP) is 1.07.